The van der Waals surface area contributed by atoms with Gasteiger partial charge in [-0.25, -0.2) is 4.79 Å². The second kappa shape index (κ2) is 5.01. The SMILES string of the molecule is CON(C)CCOC(N)=O. The van der Waals surface area contributed by atoms with Crippen molar-refractivity contribution in [3.63, 3.8) is 0 Å². The zero-order chi connectivity index (χ0) is 7.98. The van der Waals surface area contributed by atoms with Crippen LogP contribution in [-0.4, -0.2) is 38.5 Å². The van der Waals surface area contributed by atoms with Crippen molar-refractivity contribution < 1.29 is 14.4 Å². The van der Waals surface area contributed by atoms with Crippen LogP contribution in [0.25, 0.3) is 0 Å². The number of likely N-dealkylation sites (N-methyl/N-ethyl adjacent to an activating group) is 1. The number of ether oxygens (including phenoxy) is 1. The molecule has 0 aliphatic rings. The van der Waals surface area contributed by atoms with Crippen LogP contribution in [0.4, 0.5) is 4.79 Å². The monoisotopic (exact) mass is 148 g/mol. The van der Waals surface area contributed by atoms with Crippen LogP contribution in [0.15, 0.2) is 0 Å². The topological polar surface area (TPSA) is 64.8 Å². The molecule has 0 atom stereocenters. The number of rotatable bonds is 4. The zero-order valence-electron chi connectivity index (χ0n) is 6.16. The van der Waals surface area contributed by atoms with Gasteiger partial charge in [0, 0.05) is 7.05 Å². The van der Waals surface area contributed by atoms with Crippen molar-refractivity contribution in [3.05, 3.63) is 0 Å². The second-order valence-corrected chi connectivity index (χ2v) is 1.70. The molecule has 0 bridgehead atoms. The van der Waals surface area contributed by atoms with Gasteiger partial charge in [-0.15, -0.1) is 0 Å². The first kappa shape index (κ1) is 9.19. The Labute approximate surface area is 59.6 Å². The Kier molecular flexibility index (Phi) is 4.61. The van der Waals surface area contributed by atoms with Crippen molar-refractivity contribution >= 4 is 6.09 Å². The van der Waals surface area contributed by atoms with Gasteiger partial charge in [0.15, 0.2) is 0 Å². The predicted molar refractivity (Wildman–Crippen MR) is 35.2 cm³/mol. The minimum Gasteiger partial charge on any atom is -0.448 e. The van der Waals surface area contributed by atoms with Gasteiger partial charge >= 0.3 is 6.09 Å². The van der Waals surface area contributed by atoms with E-state index in [9.17, 15) is 4.79 Å². The maximum Gasteiger partial charge on any atom is 0.404 e. The molecule has 0 aromatic carbocycles. The largest absolute Gasteiger partial charge is 0.448 e. The minimum atomic E-state index is -0.760. The lowest BCUT2D eigenvalue weighted by atomic mass is 10.7. The normalized spacial score (nSPS) is 9.90. The fourth-order valence-corrected chi connectivity index (χ4v) is 0.366. The summed E-state index contributed by atoms with van der Waals surface area (Å²) in [5, 5.41) is 1.53. The molecule has 0 aromatic heterocycles. The third-order valence-electron chi connectivity index (χ3n) is 0.962. The smallest absolute Gasteiger partial charge is 0.404 e. The van der Waals surface area contributed by atoms with Gasteiger partial charge in [0.2, 0.25) is 0 Å². The Hall–Kier alpha value is -0.810. The summed E-state index contributed by atoms with van der Waals surface area (Å²) < 4.78 is 4.43. The fraction of sp³-hybridized carbons (Fsp3) is 0.800. The lowest BCUT2D eigenvalue weighted by molar-refractivity contribution is -0.115. The lowest BCUT2D eigenvalue weighted by Gasteiger charge is -2.11. The highest BCUT2D eigenvalue weighted by Crippen LogP contribution is 1.81. The molecule has 2 N–H and O–H groups in total. The van der Waals surface area contributed by atoms with Crippen LogP contribution in [0, 0.1) is 0 Å². The standard InChI is InChI=1S/C5H12N2O3/c1-7(9-2)3-4-10-5(6)8/h3-4H2,1-2H3,(H2,6,8). The predicted octanol–water partition coefficient (Wildman–Crippen LogP) is -0.425. The molecule has 0 aliphatic carbocycles. The van der Waals surface area contributed by atoms with E-state index in [1.54, 1.807) is 7.05 Å². The molecule has 0 unspecified atom stereocenters. The number of hydrogen-bond acceptors (Lipinski definition) is 4. The molecule has 0 aliphatic heterocycles. The van der Waals surface area contributed by atoms with E-state index in [1.807, 2.05) is 0 Å². The number of nitrogens with zero attached hydrogens (tertiary/aromatic N) is 1. The highest BCUT2D eigenvalue weighted by atomic mass is 16.7. The summed E-state index contributed by atoms with van der Waals surface area (Å²) in [5.74, 6) is 0. The van der Waals surface area contributed by atoms with Crippen LogP contribution < -0.4 is 5.73 Å². The number of hydrogen-bond donors (Lipinski definition) is 1. The van der Waals surface area contributed by atoms with Gasteiger partial charge < -0.3 is 15.3 Å². The summed E-state index contributed by atoms with van der Waals surface area (Å²) in [7, 11) is 3.26. The summed E-state index contributed by atoms with van der Waals surface area (Å²) in [6.45, 7) is 0.763. The molecule has 5 heteroatoms. The lowest BCUT2D eigenvalue weighted by Crippen LogP contribution is -2.24. The molecule has 0 saturated heterocycles. The molecule has 0 rings (SSSR count). The van der Waals surface area contributed by atoms with E-state index in [1.165, 1.54) is 12.2 Å². The molecule has 0 fully saturated rings. The van der Waals surface area contributed by atoms with Crippen LogP contribution in [0.1, 0.15) is 0 Å². The highest BCUT2D eigenvalue weighted by Gasteiger charge is 1.96. The third kappa shape index (κ3) is 5.33. The molecule has 5 nitrogen and oxygen atoms in total. The van der Waals surface area contributed by atoms with Crippen molar-refractivity contribution in [2.24, 2.45) is 5.73 Å². The van der Waals surface area contributed by atoms with Crippen LogP contribution in [0.5, 0.6) is 0 Å². The number of amides is 1. The Morgan fingerprint density at radius 1 is 1.70 bits per heavy atom. The minimum absolute atomic E-state index is 0.250. The van der Waals surface area contributed by atoms with E-state index in [0.29, 0.717) is 6.54 Å². The molecule has 0 heterocycles. The Morgan fingerprint density at radius 2 is 2.30 bits per heavy atom. The molecular weight excluding hydrogens is 136 g/mol. The van der Waals surface area contributed by atoms with E-state index in [4.69, 9.17) is 10.6 Å². The van der Waals surface area contributed by atoms with E-state index in [-0.39, 0.29) is 6.61 Å². The molecule has 0 aromatic rings. The Bertz CT molecular complexity index is 107. The average Bonchev–Trinajstić information content (AvgIpc) is 1.87. The molecule has 60 valence electrons. The van der Waals surface area contributed by atoms with Gasteiger partial charge in [-0.2, -0.15) is 5.06 Å². The van der Waals surface area contributed by atoms with Crippen molar-refractivity contribution in [3.8, 4) is 0 Å². The van der Waals surface area contributed by atoms with Gasteiger partial charge in [-0.3, -0.25) is 0 Å². The second-order valence-electron chi connectivity index (χ2n) is 1.70. The van der Waals surface area contributed by atoms with Gasteiger partial charge in [-0.1, -0.05) is 0 Å². The molecule has 0 saturated carbocycles. The average molecular weight is 148 g/mol. The maximum atomic E-state index is 10.0. The quantitative estimate of drug-likeness (QED) is 0.550. The van der Waals surface area contributed by atoms with Gasteiger partial charge in [-0.05, 0) is 0 Å². The first-order valence-corrected chi connectivity index (χ1v) is 2.84. The third-order valence-corrected chi connectivity index (χ3v) is 0.962. The van der Waals surface area contributed by atoms with Crippen LogP contribution in [0.2, 0.25) is 0 Å². The van der Waals surface area contributed by atoms with Crippen molar-refractivity contribution in [2.75, 3.05) is 27.3 Å². The van der Waals surface area contributed by atoms with Gasteiger partial charge in [0.05, 0.1) is 13.7 Å². The van der Waals surface area contributed by atoms with Crippen LogP contribution >= 0.6 is 0 Å². The van der Waals surface area contributed by atoms with Crippen molar-refractivity contribution in [2.45, 2.75) is 0 Å². The van der Waals surface area contributed by atoms with Gasteiger partial charge in [0.1, 0.15) is 6.61 Å². The van der Waals surface area contributed by atoms with Crippen molar-refractivity contribution in [1.82, 2.24) is 5.06 Å². The molecular formula is C5H12N2O3. The summed E-state index contributed by atoms with van der Waals surface area (Å²) in [5.41, 5.74) is 4.70. The van der Waals surface area contributed by atoms with Gasteiger partial charge in [0.25, 0.3) is 0 Å². The maximum absolute atomic E-state index is 10.0. The van der Waals surface area contributed by atoms with E-state index in [2.05, 4.69) is 4.74 Å². The number of carbonyl (C=O) groups excluding carboxylic acids is 1. The fourth-order valence-electron chi connectivity index (χ4n) is 0.366. The molecule has 10 heavy (non-hydrogen) atoms. The van der Waals surface area contributed by atoms with Crippen LogP contribution in [0.3, 0.4) is 0 Å². The van der Waals surface area contributed by atoms with E-state index < -0.39 is 6.09 Å². The summed E-state index contributed by atoms with van der Waals surface area (Å²) in [4.78, 5) is 14.7. The summed E-state index contributed by atoms with van der Waals surface area (Å²) in [6.07, 6.45) is -0.760. The Morgan fingerprint density at radius 3 is 2.70 bits per heavy atom. The first-order valence-electron chi connectivity index (χ1n) is 2.84. The number of primary amides is 1. The highest BCUT2D eigenvalue weighted by molar-refractivity contribution is 5.64. The van der Waals surface area contributed by atoms with E-state index >= 15 is 0 Å². The number of nitrogens with two attached hydrogens (primary N) is 1. The number of hydroxylamine groups is 2. The van der Waals surface area contributed by atoms with Crippen molar-refractivity contribution in [1.29, 1.82) is 0 Å². The molecule has 0 spiro atoms. The van der Waals surface area contributed by atoms with Crippen LogP contribution in [-0.2, 0) is 9.57 Å². The summed E-state index contributed by atoms with van der Waals surface area (Å²) in [6, 6.07) is 0. The first-order chi connectivity index (χ1) is 4.66. The number of carbonyl (C=O) groups is 1. The Balaban J connectivity index is 3.11. The summed E-state index contributed by atoms with van der Waals surface area (Å²) >= 11 is 0. The molecule has 1 amide bonds. The molecule has 0 radical (unpaired) electrons. The van der Waals surface area contributed by atoms with E-state index in [0.717, 1.165) is 0 Å². The zero-order valence-corrected chi connectivity index (χ0v) is 6.16.